The summed E-state index contributed by atoms with van der Waals surface area (Å²) in [5, 5.41) is 3.17. The third-order valence-corrected chi connectivity index (χ3v) is 3.35. The van der Waals surface area contributed by atoms with Gasteiger partial charge in [0, 0.05) is 12.6 Å². The van der Waals surface area contributed by atoms with E-state index in [0.717, 1.165) is 5.56 Å². The summed E-state index contributed by atoms with van der Waals surface area (Å²) < 4.78 is 18.0. The van der Waals surface area contributed by atoms with Gasteiger partial charge in [0.05, 0.1) is 21.9 Å². The summed E-state index contributed by atoms with van der Waals surface area (Å²) in [6.07, 6.45) is 0. The number of fused-ring (bicyclic) bond motifs is 1. The van der Waals surface area contributed by atoms with E-state index < -0.39 is 11.6 Å². The van der Waals surface area contributed by atoms with E-state index in [1.54, 1.807) is 24.3 Å². The van der Waals surface area contributed by atoms with Gasteiger partial charge in [-0.05, 0) is 23.8 Å². The molecule has 7 heteroatoms. The van der Waals surface area contributed by atoms with Gasteiger partial charge in [-0.3, -0.25) is 4.98 Å². The van der Waals surface area contributed by atoms with Crippen LogP contribution in [-0.2, 0) is 6.54 Å². The first-order valence-corrected chi connectivity index (χ1v) is 6.51. The summed E-state index contributed by atoms with van der Waals surface area (Å²) in [5.41, 5.74) is 8.72. The molecule has 0 aliphatic carbocycles. The molecule has 2 aromatic carbocycles. The van der Waals surface area contributed by atoms with Crippen LogP contribution in [0.15, 0.2) is 39.5 Å². The number of H-pyrrole nitrogens is 1. The van der Waals surface area contributed by atoms with Gasteiger partial charge in [0.1, 0.15) is 5.82 Å². The Morgan fingerprint density at radius 1 is 1.33 bits per heavy atom. The first-order valence-electron chi connectivity index (χ1n) is 6.13. The molecule has 0 fully saturated rings. The second-order valence-electron chi connectivity index (χ2n) is 4.55. The number of nitrogens with two attached hydrogens (primary N) is 1. The maximum absolute atomic E-state index is 13.1. The van der Waals surface area contributed by atoms with E-state index in [2.05, 4.69) is 10.3 Å². The summed E-state index contributed by atoms with van der Waals surface area (Å²) in [7, 11) is 0. The molecule has 0 saturated heterocycles. The van der Waals surface area contributed by atoms with E-state index in [0.29, 0.717) is 29.0 Å². The Labute approximate surface area is 123 Å². The minimum Gasteiger partial charge on any atom is -0.408 e. The smallest absolute Gasteiger partial charge is 0.408 e. The number of anilines is 2. The summed E-state index contributed by atoms with van der Waals surface area (Å²) in [4.78, 5) is 13.7. The maximum Gasteiger partial charge on any atom is 0.417 e. The number of hydrogen-bond donors (Lipinski definition) is 3. The van der Waals surface area contributed by atoms with Crippen LogP contribution < -0.4 is 16.8 Å². The minimum absolute atomic E-state index is 0.0666. The van der Waals surface area contributed by atoms with E-state index in [1.165, 1.54) is 6.07 Å². The molecule has 0 unspecified atom stereocenters. The highest BCUT2D eigenvalue weighted by Crippen LogP contribution is 2.25. The fourth-order valence-electron chi connectivity index (χ4n) is 2.01. The van der Waals surface area contributed by atoms with E-state index in [9.17, 15) is 9.18 Å². The van der Waals surface area contributed by atoms with Gasteiger partial charge in [0.2, 0.25) is 0 Å². The number of aromatic nitrogens is 1. The first kappa shape index (κ1) is 13.5. The van der Waals surface area contributed by atoms with Crippen molar-refractivity contribution < 1.29 is 8.81 Å². The Bertz CT molecular complexity index is 872. The van der Waals surface area contributed by atoms with E-state index in [1.807, 2.05) is 0 Å². The predicted molar refractivity (Wildman–Crippen MR) is 80.0 cm³/mol. The molecule has 0 spiro atoms. The molecule has 21 heavy (non-hydrogen) atoms. The normalized spacial score (nSPS) is 11.0. The Morgan fingerprint density at radius 2 is 2.14 bits per heavy atom. The monoisotopic (exact) mass is 307 g/mol. The molecule has 0 aliphatic heterocycles. The van der Waals surface area contributed by atoms with Gasteiger partial charge >= 0.3 is 5.76 Å². The molecule has 3 aromatic rings. The third-order valence-electron chi connectivity index (χ3n) is 3.06. The van der Waals surface area contributed by atoms with Crippen molar-refractivity contribution in [3.8, 4) is 0 Å². The molecule has 0 radical (unpaired) electrons. The van der Waals surface area contributed by atoms with E-state index in [-0.39, 0.29) is 5.02 Å². The van der Waals surface area contributed by atoms with Crippen molar-refractivity contribution in [2.75, 3.05) is 11.1 Å². The van der Waals surface area contributed by atoms with Crippen LogP contribution in [0.4, 0.5) is 15.8 Å². The first-order chi connectivity index (χ1) is 10.0. The number of benzene rings is 2. The zero-order valence-corrected chi connectivity index (χ0v) is 11.5. The number of hydrogen-bond acceptors (Lipinski definition) is 4. The SMILES string of the molecule is Nc1cc2oc(=O)[nH]c2cc1NCc1ccc(F)c(Cl)c1. The van der Waals surface area contributed by atoms with Gasteiger partial charge in [-0.2, -0.15) is 0 Å². The Kier molecular flexibility index (Phi) is 3.31. The summed E-state index contributed by atoms with van der Waals surface area (Å²) in [6, 6.07) is 7.72. The van der Waals surface area contributed by atoms with Crippen LogP contribution in [0.3, 0.4) is 0 Å². The third kappa shape index (κ3) is 2.71. The largest absolute Gasteiger partial charge is 0.417 e. The Balaban J connectivity index is 1.85. The standard InChI is InChI=1S/C14H11ClFN3O2/c15-8-3-7(1-2-9(8)16)6-18-11-5-12-13(4-10(11)17)21-14(20)19-12/h1-5,18H,6,17H2,(H,19,20). The topological polar surface area (TPSA) is 84.0 Å². The van der Waals surface area contributed by atoms with Crippen LogP contribution in [0, 0.1) is 5.82 Å². The molecule has 0 atom stereocenters. The number of nitrogens with one attached hydrogen (secondary N) is 2. The number of nitrogen functional groups attached to an aromatic ring is 1. The average molecular weight is 308 g/mol. The van der Waals surface area contributed by atoms with Gasteiger partial charge in [0.15, 0.2) is 5.58 Å². The Morgan fingerprint density at radius 3 is 2.90 bits per heavy atom. The molecule has 3 rings (SSSR count). The van der Waals surface area contributed by atoms with Crippen molar-refractivity contribution >= 4 is 34.1 Å². The summed E-state index contributed by atoms with van der Waals surface area (Å²) >= 11 is 5.73. The van der Waals surface area contributed by atoms with Gasteiger partial charge < -0.3 is 15.5 Å². The molecular weight excluding hydrogens is 297 g/mol. The highest BCUT2D eigenvalue weighted by Gasteiger charge is 2.07. The van der Waals surface area contributed by atoms with Crippen LogP contribution in [0.1, 0.15) is 5.56 Å². The Hall–Kier alpha value is -2.47. The predicted octanol–water partition coefficient (Wildman–Crippen LogP) is 3.11. The molecular formula is C14H11ClFN3O2. The summed E-state index contributed by atoms with van der Waals surface area (Å²) in [5.74, 6) is -0.996. The number of aromatic amines is 1. The number of oxazole rings is 1. The van der Waals surface area contributed by atoms with Crippen molar-refractivity contribution in [3.05, 3.63) is 57.3 Å². The molecule has 1 aromatic heterocycles. The number of rotatable bonds is 3. The molecule has 4 N–H and O–H groups in total. The van der Waals surface area contributed by atoms with Crippen molar-refractivity contribution in [1.29, 1.82) is 0 Å². The lowest BCUT2D eigenvalue weighted by Crippen LogP contribution is -2.02. The minimum atomic E-state index is -0.535. The quantitative estimate of drug-likeness (QED) is 0.649. The maximum atomic E-state index is 13.1. The van der Waals surface area contributed by atoms with Crippen LogP contribution in [0.25, 0.3) is 11.1 Å². The highest BCUT2D eigenvalue weighted by atomic mass is 35.5. The van der Waals surface area contributed by atoms with Crippen molar-refractivity contribution in [3.63, 3.8) is 0 Å². The van der Waals surface area contributed by atoms with Crippen molar-refractivity contribution in [2.45, 2.75) is 6.54 Å². The van der Waals surface area contributed by atoms with Crippen molar-refractivity contribution in [2.24, 2.45) is 0 Å². The van der Waals surface area contributed by atoms with Crippen LogP contribution in [0.5, 0.6) is 0 Å². The average Bonchev–Trinajstić information content (AvgIpc) is 2.79. The molecule has 0 bridgehead atoms. The lowest BCUT2D eigenvalue weighted by molar-refractivity contribution is 0.555. The fraction of sp³-hybridized carbons (Fsp3) is 0.0714. The second-order valence-corrected chi connectivity index (χ2v) is 4.96. The van der Waals surface area contributed by atoms with Crippen LogP contribution >= 0.6 is 11.6 Å². The summed E-state index contributed by atoms with van der Waals surface area (Å²) in [6.45, 7) is 0.414. The zero-order valence-electron chi connectivity index (χ0n) is 10.7. The molecule has 0 aliphatic rings. The molecule has 1 heterocycles. The van der Waals surface area contributed by atoms with Gasteiger partial charge in [-0.1, -0.05) is 17.7 Å². The van der Waals surface area contributed by atoms with Gasteiger partial charge in [0.25, 0.3) is 0 Å². The second kappa shape index (κ2) is 5.14. The molecule has 108 valence electrons. The molecule has 0 amide bonds. The highest BCUT2D eigenvalue weighted by molar-refractivity contribution is 6.30. The van der Waals surface area contributed by atoms with E-state index in [4.69, 9.17) is 21.8 Å². The zero-order chi connectivity index (χ0) is 15.0. The fourth-order valence-corrected chi connectivity index (χ4v) is 2.22. The van der Waals surface area contributed by atoms with Crippen LogP contribution in [0.2, 0.25) is 5.02 Å². The number of halogens is 2. The van der Waals surface area contributed by atoms with Gasteiger partial charge in [-0.15, -0.1) is 0 Å². The van der Waals surface area contributed by atoms with Crippen molar-refractivity contribution in [1.82, 2.24) is 4.98 Å². The van der Waals surface area contributed by atoms with Crippen LogP contribution in [-0.4, -0.2) is 4.98 Å². The lowest BCUT2D eigenvalue weighted by atomic mass is 10.2. The van der Waals surface area contributed by atoms with E-state index >= 15 is 0 Å². The molecule has 5 nitrogen and oxygen atoms in total. The van der Waals surface area contributed by atoms with Gasteiger partial charge in [-0.25, -0.2) is 9.18 Å². The lowest BCUT2D eigenvalue weighted by Gasteiger charge is -2.09. The molecule has 0 saturated carbocycles.